The molecule has 1 aromatic rings. The van der Waals surface area contributed by atoms with Gasteiger partial charge in [0.15, 0.2) is 6.10 Å². The summed E-state index contributed by atoms with van der Waals surface area (Å²) in [6.07, 6.45) is 0.152. The van der Waals surface area contributed by atoms with Crippen LogP contribution < -0.4 is 0 Å². The number of esters is 1. The quantitative estimate of drug-likeness (QED) is 0.616. The molecule has 24 heavy (non-hydrogen) atoms. The Labute approximate surface area is 143 Å². The van der Waals surface area contributed by atoms with E-state index in [0.717, 1.165) is 0 Å². The summed E-state index contributed by atoms with van der Waals surface area (Å²) in [6.45, 7) is 3.43. The van der Waals surface area contributed by atoms with Gasteiger partial charge >= 0.3 is 5.97 Å². The van der Waals surface area contributed by atoms with Gasteiger partial charge in [-0.3, -0.25) is 9.59 Å². The van der Waals surface area contributed by atoms with Crippen LogP contribution in [0.5, 0.6) is 0 Å². The fraction of sp³-hybridized carbons (Fsp3) is 0.471. The molecule has 2 fully saturated rings. The number of thioether (sulfide) groups is 1. The summed E-state index contributed by atoms with van der Waals surface area (Å²) in [7, 11) is 0. The van der Waals surface area contributed by atoms with Crippen LogP contribution >= 0.6 is 11.8 Å². The second-order valence-corrected chi connectivity index (χ2v) is 7.72. The average Bonchev–Trinajstić information content (AvgIpc) is 3.04. The molecule has 0 aromatic heterocycles. The van der Waals surface area contributed by atoms with Crippen LogP contribution in [0.25, 0.3) is 0 Å². The van der Waals surface area contributed by atoms with Gasteiger partial charge in [0.2, 0.25) is 11.7 Å². The number of benzene rings is 1. The molecule has 7 heteroatoms. The van der Waals surface area contributed by atoms with E-state index in [2.05, 4.69) is 0 Å². The highest BCUT2D eigenvalue weighted by atomic mass is 32.2. The summed E-state index contributed by atoms with van der Waals surface area (Å²) in [4.78, 5) is 38.0. The largest absolute Gasteiger partial charge is 0.453 e. The molecule has 2 aliphatic heterocycles. The Morgan fingerprint density at radius 1 is 1.38 bits per heavy atom. The standard InChI is InChI=1S/C17H18FNO4S/c1-10(15(21)11-3-5-12(18)6-4-11)23-16(22)13-9-24-17(2)8-7-14(20)19(13)17/h3-6,10,13H,7-9H2,1-2H3/t10-,13+,17+/m1/s1. The number of carbonyl (C=O) groups excluding carboxylic acids is 3. The molecule has 0 radical (unpaired) electrons. The monoisotopic (exact) mass is 351 g/mol. The predicted octanol–water partition coefficient (Wildman–Crippen LogP) is 2.39. The third-order valence-corrected chi connectivity index (χ3v) is 6.01. The minimum absolute atomic E-state index is 0.0537. The summed E-state index contributed by atoms with van der Waals surface area (Å²) in [5, 5.41) is 0. The molecular weight excluding hydrogens is 333 g/mol. The molecule has 0 bridgehead atoms. The predicted molar refractivity (Wildman–Crippen MR) is 87.0 cm³/mol. The van der Waals surface area contributed by atoms with Crippen LogP contribution in [0.3, 0.4) is 0 Å². The molecular formula is C17H18FNO4S. The molecule has 3 atom stereocenters. The first-order valence-corrected chi connectivity index (χ1v) is 8.77. The molecule has 0 saturated carbocycles. The Bertz CT molecular complexity index is 692. The van der Waals surface area contributed by atoms with E-state index in [9.17, 15) is 18.8 Å². The van der Waals surface area contributed by atoms with Gasteiger partial charge < -0.3 is 9.64 Å². The summed E-state index contributed by atoms with van der Waals surface area (Å²) in [5.74, 6) is -0.986. The van der Waals surface area contributed by atoms with Gasteiger partial charge in [0.25, 0.3) is 0 Å². The van der Waals surface area contributed by atoms with Gasteiger partial charge in [-0.25, -0.2) is 9.18 Å². The van der Waals surface area contributed by atoms with E-state index in [-0.39, 0.29) is 16.3 Å². The minimum atomic E-state index is -0.988. The summed E-state index contributed by atoms with van der Waals surface area (Å²) < 4.78 is 18.2. The lowest BCUT2D eigenvalue weighted by molar-refractivity contribution is -0.155. The van der Waals surface area contributed by atoms with Gasteiger partial charge in [-0.15, -0.1) is 11.8 Å². The maximum atomic E-state index is 12.9. The van der Waals surface area contributed by atoms with Crippen LogP contribution in [-0.4, -0.2) is 45.3 Å². The fourth-order valence-corrected chi connectivity index (χ4v) is 4.57. The van der Waals surface area contributed by atoms with E-state index in [4.69, 9.17) is 4.74 Å². The van der Waals surface area contributed by atoms with Crippen LogP contribution in [0.4, 0.5) is 4.39 Å². The van der Waals surface area contributed by atoms with Crippen molar-refractivity contribution < 1.29 is 23.5 Å². The fourth-order valence-electron chi connectivity index (χ4n) is 3.15. The van der Waals surface area contributed by atoms with Gasteiger partial charge in [0.1, 0.15) is 11.9 Å². The lowest BCUT2D eigenvalue weighted by Gasteiger charge is -2.29. The first-order valence-electron chi connectivity index (χ1n) is 7.78. The van der Waals surface area contributed by atoms with Crippen LogP contribution in [0.1, 0.15) is 37.0 Å². The zero-order valence-corrected chi connectivity index (χ0v) is 14.3. The molecule has 3 rings (SSSR count). The second-order valence-electron chi connectivity index (χ2n) is 6.22. The third-order valence-electron chi connectivity index (χ3n) is 4.51. The first kappa shape index (κ1) is 17.0. The van der Waals surface area contributed by atoms with Gasteiger partial charge in [0.05, 0.1) is 4.87 Å². The number of fused-ring (bicyclic) bond motifs is 1. The lowest BCUT2D eigenvalue weighted by Crippen LogP contribution is -2.47. The van der Waals surface area contributed by atoms with Crippen molar-refractivity contribution in [1.82, 2.24) is 4.90 Å². The molecule has 0 unspecified atom stereocenters. The van der Waals surface area contributed by atoms with Crippen LogP contribution in [0.15, 0.2) is 24.3 Å². The van der Waals surface area contributed by atoms with Crippen molar-refractivity contribution in [3.63, 3.8) is 0 Å². The maximum absolute atomic E-state index is 12.9. The normalized spacial score (nSPS) is 27.0. The van der Waals surface area contributed by atoms with E-state index < -0.39 is 29.7 Å². The molecule has 128 valence electrons. The Morgan fingerprint density at radius 2 is 2.04 bits per heavy atom. The van der Waals surface area contributed by atoms with E-state index in [0.29, 0.717) is 18.6 Å². The third kappa shape index (κ3) is 2.92. The first-order chi connectivity index (χ1) is 11.3. The molecule has 0 N–H and O–H groups in total. The Hall–Kier alpha value is -1.89. The highest BCUT2D eigenvalue weighted by Gasteiger charge is 2.53. The van der Waals surface area contributed by atoms with Gasteiger partial charge in [0, 0.05) is 17.7 Å². The number of carbonyl (C=O) groups is 3. The Kier molecular flexibility index (Phi) is 4.38. The van der Waals surface area contributed by atoms with Crippen LogP contribution in [0.2, 0.25) is 0 Å². The molecule has 0 aliphatic carbocycles. The highest BCUT2D eigenvalue weighted by Crippen LogP contribution is 2.47. The van der Waals surface area contributed by atoms with Gasteiger partial charge in [-0.2, -0.15) is 0 Å². The summed E-state index contributed by atoms with van der Waals surface area (Å²) >= 11 is 1.57. The SMILES string of the molecule is C[C@@H](OC(=O)[C@@H]1CS[C@@]2(C)CCC(=O)N12)C(=O)c1ccc(F)cc1. The molecule has 5 nitrogen and oxygen atoms in total. The number of nitrogens with zero attached hydrogens (tertiary/aromatic N) is 1. The lowest BCUT2D eigenvalue weighted by atomic mass is 10.1. The average molecular weight is 351 g/mol. The van der Waals surface area contributed by atoms with Crippen molar-refractivity contribution in [1.29, 1.82) is 0 Å². The topological polar surface area (TPSA) is 63.7 Å². The second kappa shape index (κ2) is 6.20. The zero-order valence-electron chi connectivity index (χ0n) is 13.5. The molecule has 2 saturated heterocycles. The number of Topliss-reactive ketones (excluding diaryl/α,β-unsaturated/α-hetero) is 1. The van der Waals surface area contributed by atoms with Crippen molar-refractivity contribution in [2.24, 2.45) is 0 Å². The van der Waals surface area contributed by atoms with Gasteiger partial charge in [-0.1, -0.05) is 0 Å². The Balaban J connectivity index is 1.67. The highest BCUT2D eigenvalue weighted by molar-refractivity contribution is 8.01. The van der Waals surface area contributed by atoms with Crippen molar-refractivity contribution in [3.8, 4) is 0 Å². The number of hydrogen-bond donors (Lipinski definition) is 0. The molecule has 2 aliphatic rings. The van der Waals surface area contributed by atoms with Crippen molar-refractivity contribution in [3.05, 3.63) is 35.6 Å². The maximum Gasteiger partial charge on any atom is 0.330 e. The van der Waals surface area contributed by atoms with Crippen LogP contribution in [-0.2, 0) is 14.3 Å². The number of ether oxygens (including phenoxy) is 1. The molecule has 2 heterocycles. The smallest absolute Gasteiger partial charge is 0.330 e. The Morgan fingerprint density at radius 3 is 2.71 bits per heavy atom. The van der Waals surface area contributed by atoms with E-state index >= 15 is 0 Å². The molecule has 1 amide bonds. The number of amides is 1. The number of halogens is 1. The van der Waals surface area contributed by atoms with Crippen molar-refractivity contribution in [2.45, 2.75) is 43.7 Å². The van der Waals surface area contributed by atoms with Gasteiger partial charge in [-0.05, 0) is 44.5 Å². The molecule has 0 spiro atoms. The van der Waals surface area contributed by atoms with Crippen molar-refractivity contribution in [2.75, 3.05) is 5.75 Å². The number of ketones is 1. The van der Waals surface area contributed by atoms with E-state index in [1.54, 1.807) is 16.7 Å². The zero-order chi connectivity index (χ0) is 17.5. The molecule has 1 aromatic carbocycles. The number of hydrogen-bond acceptors (Lipinski definition) is 5. The minimum Gasteiger partial charge on any atom is -0.453 e. The van der Waals surface area contributed by atoms with Crippen molar-refractivity contribution >= 4 is 29.4 Å². The summed E-state index contributed by atoms with van der Waals surface area (Å²) in [6, 6.07) is 4.43. The van der Waals surface area contributed by atoms with Crippen LogP contribution in [0, 0.1) is 5.82 Å². The number of rotatable bonds is 4. The van der Waals surface area contributed by atoms with E-state index in [1.807, 2.05) is 6.92 Å². The van der Waals surface area contributed by atoms with E-state index in [1.165, 1.54) is 31.2 Å². The summed E-state index contributed by atoms with van der Waals surface area (Å²) in [5.41, 5.74) is 0.277.